The molecule has 0 aliphatic rings. The van der Waals surface area contributed by atoms with Crippen molar-refractivity contribution in [1.82, 2.24) is 19.7 Å². The van der Waals surface area contributed by atoms with Gasteiger partial charge in [-0.2, -0.15) is 4.98 Å². The van der Waals surface area contributed by atoms with Gasteiger partial charge in [-0.05, 0) is 55.0 Å². The second kappa shape index (κ2) is 8.93. The van der Waals surface area contributed by atoms with E-state index in [0.29, 0.717) is 39.3 Å². The Morgan fingerprint density at radius 3 is 2.62 bits per heavy atom. The number of hydrogen-bond donors (Lipinski definition) is 0. The van der Waals surface area contributed by atoms with Crippen molar-refractivity contribution in [3.05, 3.63) is 93.7 Å². The van der Waals surface area contributed by atoms with Gasteiger partial charge in [-0.1, -0.05) is 34.4 Å². The van der Waals surface area contributed by atoms with E-state index in [2.05, 4.69) is 15.1 Å². The maximum absolute atomic E-state index is 13.6. The standard InChI is InChI=1S/C25H18Cl2N4O3/c1-14-22(23(32)25-29-24(30-34-25)15-7-9-28-10-8-15)19-12-18(33-2)5-6-21(19)31(14)13-16-3-4-17(26)11-20(16)27/h3-12H,13H2,1-2H3. The molecule has 0 radical (unpaired) electrons. The summed E-state index contributed by atoms with van der Waals surface area (Å²) in [7, 11) is 1.58. The van der Waals surface area contributed by atoms with Gasteiger partial charge in [0.25, 0.3) is 11.7 Å². The molecule has 0 amide bonds. The normalized spacial score (nSPS) is 11.2. The molecular formula is C25H18Cl2N4O3. The highest BCUT2D eigenvalue weighted by Crippen LogP contribution is 2.33. The molecule has 9 heteroatoms. The first-order chi connectivity index (χ1) is 16.5. The topological polar surface area (TPSA) is 83.0 Å². The summed E-state index contributed by atoms with van der Waals surface area (Å²) in [6.07, 6.45) is 3.25. The van der Waals surface area contributed by atoms with Gasteiger partial charge in [-0.3, -0.25) is 9.78 Å². The van der Waals surface area contributed by atoms with Gasteiger partial charge < -0.3 is 13.8 Å². The number of hydrogen-bond acceptors (Lipinski definition) is 6. The minimum atomic E-state index is -0.371. The molecular weight excluding hydrogens is 475 g/mol. The molecule has 3 aromatic heterocycles. The molecule has 0 fully saturated rings. The summed E-state index contributed by atoms with van der Waals surface area (Å²) in [6, 6.07) is 14.5. The molecule has 0 bridgehead atoms. The number of halogens is 2. The van der Waals surface area contributed by atoms with Crippen molar-refractivity contribution in [1.29, 1.82) is 0 Å². The molecule has 0 atom stereocenters. The molecule has 5 aromatic rings. The maximum atomic E-state index is 13.6. The first-order valence-corrected chi connectivity index (χ1v) is 11.1. The van der Waals surface area contributed by atoms with Crippen molar-refractivity contribution in [2.24, 2.45) is 0 Å². The van der Waals surface area contributed by atoms with E-state index in [-0.39, 0.29) is 11.7 Å². The van der Waals surface area contributed by atoms with Crippen molar-refractivity contribution >= 4 is 39.9 Å². The number of ether oxygens (including phenoxy) is 1. The fraction of sp³-hybridized carbons (Fsp3) is 0.120. The molecule has 34 heavy (non-hydrogen) atoms. The summed E-state index contributed by atoms with van der Waals surface area (Å²) < 4.78 is 12.8. The summed E-state index contributed by atoms with van der Waals surface area (Å²) in [6.45, 7) is 2.33. The summed E-state index contributed by atoms with van der Waals surface area (Å²) >= 11 is 12.5. The first kappa shape index (κ1) is 22.1. The average Bonchev–Trinajstić information content (AvgIpc) is 3.44. The largest absolute Gasteiger partial charge is 0.497 e. The number of benzene rings is 2. The number of pyridine rings is 1. The summed E-state index contributed by atoms with van der Waals surface area (Å²) in [4.78, 5) is 21.9. The van der Waals surface area contributed by atoms with Crippen LogP contribution in [0.25, 0.3) is 22.3 Å². The number of fused-ring (bicyclic) bond motifs is 1. The molecule has 0 saturated heterocycles. The molecule has 170 valence electrons. The summed E-state index contributed by atoms with van der Waals surface area (Å²) in [5.74, 6) is 0.481. The van der Waals surface area contributed by atoms with Crippen LogP contribution in [0.1, 0.15) is 27.5 Å². The van der Waals surface area contributed by atoms with Gasteiger partial charge in [-0.25, -0.2) is 0 Å². The van der Waals surface area contributed by atoms with Crippen LogP contribution in [0.15, 0.2) is 65.4 Å². The lowest BCUT2D eigenvalue weighted by Crippen LogP contribution is -2.07. The number of ketones is 1. The Balaban J connectivity index is 1.62. The van der Waals surface area contributed by atoms with Crippen molar-refractivity contribution in [2.75, 3.05) is 7.11 Å². The number of rotatable bonds is 6. The number of nitrogens with zero attached hydrogens (tertiary/aromatic N) is 4. The van der Waals surface area contributed by atoms with Crippen LogP contribution in [0.5, 0.6) is 5.75 Å². The Hall–Kier alpha value is -3.68. The van der Waals surface area contributed by atoms with E-state index in [1.807, 2.05) is 35.8 Å². The number of aromatic nitrogens is 4. The first-order valence-electron chi connectivity index (χ1n) is 10.4. The highest BCUT2D eigenvalue weighted by atomic mass is 35.5. The van der Waals surface area contributed by atoms with Crippen molar-refractivity contribution in [3.8, 4) is 17.1 Å². The number of carbonyl (C=O) groups excluding carboxylic acids is 1. The van der Waals surface area contributed by atoms with Crippen LogP contribution in [0.3, 0.4) is 0 Å². The molecule has 5 rings (SSSR count). The van der Waals surface area contributed by atoms with E-state index >= 15 is 0 Å². The smallest absolute Gasteiger partial charge is 0.299 e. The maximum Gasteiger partial charge on any atom is 0.299 e. The predicted molar refractivity (Wildman–Crippen MR) is 130 cm³/mol. The minimum Gasteiger partial charge on any atom is -0.497 e. The molecule has 0 N–H and O–H groups in total. The summed E-state index contributed by atoms with van der Waals surface area (Å²) in [5.41, 5.74) is 3.63. The van der Waals surface area contributed by atoms with Gasteiger partial charge in [0.05, 0.1) is 12.7 Å². The third kappa shape index (κ3) is 3.93. The van der Waals surface area contributed by atoms with Crippen LogP contribution >= 0.6 is 23.2 Å². The highest BCUT2D eigenvalue weighted by Gasteiger charge is 2.26. The van der Waals surface area contributed by atoms with Crippen LogP contribution < -0.4 is 4.74 Å². The van der Waals surface area contributed by atoms with E-state index in [9.17, 15) is 4.79 Å². The van der Waals surface area contributed by atoms with Gasteiger partial charge in [0, 0.05) is 51.1 Å². The van der Waals surface area contributed by atoms with Crippen molar-refractivity contribution in [3.63, 3.8) is 0 Å². The molecule has 0 spiro atoms. The quantitative estimate of drug-likeness (QED) is 0.270. The zero-order chi connectivity index (χ0) is 23.8. The van der Waals surface area contributed by atoms with Crippen LogP contribution in [0.4, 0.5) is 0 Å². The Kier molecular flexibility index (Phi) is 5.81. The van der Waals surface area contributed by atoms with Crippen LogP contribution in [0.2, 0.25) is 10.0 Å². The second-order valence-corrected chi connectivity index (χ2v) is 8.50. The molecule has 0 unspecified atom stereocenters. The van der Waals surface area contributed by atoms with Crippen LogP contribution in [-0.4, -0.2) is 32.6 Å². The van der Waals surface area contributed by atoms with Crippen LogP contribution in [0, 0.1) is 6.92 Å². The van der Waals surface area contributed by atoms with E-state index in [0.717, 1.165) is 22.2 Å². The van der Waals surface area contributed by atoms with E-state index in [1.165, 1.54) is 0 Å². The molecule has 0 saturated carbocycles. The Labute approximate surface area is 204 Å². The second-order valence-electron chi connectivity index (χ2n) is 7.65. The zero-order valence-electron chi connectivity index (χ0n) is 18.3. The zero-order valence-corrected chi connectivity index (χ0v) is 19.8. The molecule has 0 aliphatic carbocycles. The van der Waals surface area contributed by atoms with Gasteiger partial charge in [0.2, 0.25) is 5.82 Å². The SMILES string of the molecule is COc1ccc2c(c1)c(C(=O)c1nc(-c3ccncc3)no1)c(C)n2Cc1ccc(Cl)cc1Cl. The Bertz CT molecular complexity index is 1530. The van der Waals surface area contributed by atoms with Crippen molar-refractivity contribution in [2.45, 2.75) is 13.5 Å². The van der Waals surface area contributed by atoms with E-state index in [4.69, 9.17) is 32.5 Å². The molecule has 0 aliphatic heterocycles. The van der Waals surface area contributed by atoms with E-state index in [1.54, 1.807) is 43.8 Å². The predicted octanol–water partition coefficient (Wildman–Crippen LogP) is 5.99. The molecule has 7 nitrogen and oxygen atoms in total. The third-order valence-corrected chi connectivity index (χ3v) is 6.25. The highest BCUT2D eigenvalue weighted by molar-refractivity contribution is 6.35. The lowest BCUT2D eigenvalue weighted by Gasteiger charge is -2.11. The molecule has 2 aromatic carbocycles. The minimum absolute atomic E-state index is 0.0960. The molecule has 3 heterocycles. The van der Waals surface area contributed by atoms with Gasteiger partial charge in [-0.15, -0.1) is 0 Å². The van der Waals surface area contributed by atoms with E-state index < -0.39 is 0 Å². The lowest BCUT2D eigenvalue weighted by atomic mass is 10.1. The Morgan fingerprint density at radius 2 is 1.88 bits per heavy atom. The van der Waals surface area contributed by atoms with Gasteiger partial charge >= 0.3 is 0 Å². The number of carbonyl (C=O) groups is 1. The number of methoxy groups -OCH3 is 1. The average molecular weight is 493 g/mol. The lowest BCUT2D eigenvalue weighted by molar-refractivity contribution is 0.0994. The van der Waals surface area contributed by atoms with Crippen molar-refractivity contribution < 1.29 is 14.1 Å². The fourth-order valence-corrected chi connectivity index (χ4v) is 4.41. The fourth-order valence-electron chi connectivity index (χ4n) is 3.94. The van der Waals surface area contributed by atoms with Gasteiger partial charge in [0.1, 0.15) is 5.75 Å². The summed E-state index contributed by atoms with van der Waals surface area (Å²) in [5, 5.41) is 5.80. The van der Waals surface area contributed by atoms with Crippen LogP contribution in [-0.2, 0) is 6.54 Å². The Morgan fingerprint density at radius 1 is 1.09 bits per heavy atom. The monoisotopic (exact) mass is 492 g/mol. The van der Waals surface area contributed by atoms with Gasteiger partial charge in [0.15, 0.2) is 0 Å². The third-order valence-electron chi connectivity index (χ3n) is 5.66.